The molecule has 0 radical (unpaired) electrons. The molecule has 0 aromatic carbocycles. The molecule has 2 fully saturated rings. The smallest absolute Gasteiger partial charge is 0.475 e. The van der Waals surface area contributed by atoms with Gasteiger partial charge in [0.15, 0.2) is 0 Å². The van der Waals surface area contributed by atoms with E-state index in [2.05, 4.69) is 23.9 Å². The number of hydrogen-bond acceptors (Lipinski definition) is 6. The van der Waals surface area contributed by atoms with Crippen molar-refractivity contribution in [2.24, 2.45) is 5.41 Å². The van der Waals surface area contributed by atoms with Gasteiger partial charge in [0.2, 0.25) is 0 Å². The van der Waals surface area contributed by atoms with Gasteiger partial charge in [-0.3, -0.25) is 4.79 Å². The fraction of sp³-hybridized carbons (Fsp3) is 0.682. The highest BCUT2D eigenvalue weighted by molar-refractivity contribution is 5.93. The number of halogens is 6. The lowest BCUT2D eigenvalue weighted by Gasteiger charge is -2.47. The maximum atomic E-state index is 12.6. The minimum absolute atomic E-state index is 0.132. The second-order valence-electron chi connectivity index (χ2n) is 9.09. The third-order valence-corrected chi connectivity index (χ3v) is 5.98. The highest BCUT2D eigenvalue weighted by Gasteiger charge is 2.40. The molecular weight excluding hydrogens is 516 g/mol. The molecule has 0 aliphatic carbocycles. The molecule has 1 aromatic heterocycles. The van der Waals surface area contributed by atoms with Crippen LogP contribution in [0.25, 0.3) is 0 Å². The SMILES string of the molecule is CN(C)CCN1CCC2(CCCN(C(=O)c3ccoc3)C2)CC1.O=C(O)C(F)(F)F.O=C(O)C(F)(F)F. The third kappa shape index (κ3) is 11.4. The number of carbonyl (C=O) groups is 3. The molecule has 1 spiro atoms. The highest BCUT2D eigenvalue weighted by Crippen LogP contribution is 2.40. The van der Waals surface area contributed by atoms with Crippen molar-refractivity contribution >= 4 is 17.8 Å². The number of likely N-dealkylation sites (N-methyl/N-ethyl adjacent to an activating group) is 1. The van der Waals surface area contributed by atoms with Gasteiger partial charge in [-0.25, -0.2) is 9.59 Å². The maximum absolute atomic E-state index is 12.6. The van der Waals surface area contributed by atoms with Crippen LogP contribution >= 0.6 is 0 Å². The Labute approximate surface area is 209 Å². The molecule has 2 aliphatic heterocycles. The molecule has 15 heteroatoms. The van der Waals surface area contributed by atoms with Crippen molar-refractivity contribution in [2.45, 2.75) is 38.0 Å². The lowest BCUT2D eigenvalue weighted by molar-refractivity contribution is -0.193. The summed E-state index contributed by atoms with van der Waals surface area (Å²) in [6, 6.07) is 1.77. The van der Waals surface area contributed by atoms with Crippen LogP contribution in [0.4, 0.5) is 26.3 Å². The largest absolute Gasteiger partial charge is 0.490 e. The number of rotatable bonds is 4. The first kappa shape index (κ1) is 32.2. The number of alkyl halides is 6. The molecule has 3 heterocycles. The fourth-order valence-corrected chi connectivity index (χ4v) is 3.95. The Hall–Kier alpha value is -2.81. The Morgan fingerprint density at radius 1 is 0.973 bits per heavy atom. The molecular formula is C22H31F6N3O6. The van der Waals surface area contributed by atoms with E-state index < -0.39 is 24.3 Å². The Bertz CT molecular complexity index is 841. The number of carbonyl (C=O) groups excluding carboxylic acids is 1. The molecule has 0 unspecified atom stereocenters. The number of carboxylic acid groups (broad SMARTS) is 2. The first-order valence-electron chi connectivity index (χ1n) is 11.3. The quantitative estimate of drug-likeness (QED) is 0.552. The van der Waals surface area contributed by atoms with Gasteiger partial charge < -0.3 is 29.3 Å². The van der Waals surface area contributed by atoms with E-state index in [0.29, 0.717) is 11.0 Å². The van der Waals surface area contributed by atoms with Gasteiger partial charge in [-0.05, 0) is 64.3 Å². The summed E-state index contributed by atoms with van der Waals surface area (Å²) in [5.41, 5.74) is 1.03. The summed E-state index contributed by atoms with van der Waals surface area (Å²) in [7, 11) is 4.26. The Morgan fingerprint density at radius 2 is 1.49 bits per heavy atom. The van der Waals surface area contributed by atoms with Crippen molar-refractivity contribution < 1.29 is 55.4 Å². The molecule has 3 rings (SSSR count). The number of carboxylic acids is 2. The number of likely N-dealkylation sites (tertiary alicyclic amines) is 2. The predicted octanol–water partition coefficient (Wildman–Crippen LogP) is 3.43. The fourth-order valence-electron chi connectivity index (χ4n) is 3.95. The lowest BCUT2D eigenvalue weighted by Crippen LogP contribution is -2.51. The van der Waals surface area contributed by atoms with Gasteiger partial charge in [0.05, 0.1) is 11.8 Å². The first-order valence-corrected chi connectivity index (χ1v) is 11.3. The van der Waals surface area contributed by atoms with Crippen molar-refractivity contribution in [3.05, 3.63) is 24.2 Å². The van der Waals surface area contributed by atoms with Crippen LogP contribution in [0.5, 0.6) is 0 Å². The minimum atomic E-state index is -5.08. The van der Waals surface area contributed by atoms with Gasteiger partial charge in [-0.2, -0.15) is 26.3 Å². The summed E-state index contributed by atoms with van der Waals surface area (Å²) in [5.74, 6) is -5.38. The molecule has 2 aliphatic rings. The van der Waals surface area contributed by atoms with Crippen LogP contribution < -0.4 is 0 Å². The topological polar surface area (TPSA) is 115 Å². The summed E-state index contributed by atoms with van der Waals surface area (Å²) in [6.07, 6.45) is -2.19. The number of aliphatic carboxylic acids is 2. The van der Waals surface area contributed by atoms with Crippen LogP contribution in [0.2, 0.25) is 0 Å². The number of furan rings is 1. The van der Waals surface area contributed by atoms with Crippen molar-refractivity contribution in [2.75, 3.05) is 53.4 Å². The van der Waals surface area contributed by atoms with E-state index in [1.54, 1.807) is 18.6 Å². The van der Waals surface area contributed by atoms with Gasteiger partial charge >= 0.3 is 24.3 Å². The van der Waals surface area contributed by atoms with E-state index in [1.807, 2.05) is 4.90 Å². The molecule has 212 valence electrons. The number of piperidine rings is 2. The first-order chi connectivity index (χ1) is 17.0. The van der Waals surface area contributed by atoms with Crippen molar-refractivity contribution in [3.8, 4) is 0 Å². The lowest BCUT2D eigenvalue weighted by atomic mass is 9.72. The van der Waals surface area contributed by atoms with Crippen LogP contribution in [0, 0.1) is 5.41 Å². The zero-order valence-electron chi connectivity index (χ0n) is 20.4. The molecule has 9 nitrogen and oxygen atoms in total. The summed E-state index contributed by atoms with van der Waals surface area (Å²) in [6.45, 7) is 6.41. The van der Waals surface area contributed by atoms with Crippen LogP contribution in [-0.4, -0.2) is 108 Å². The molecule has 0 bridgehead atoms. The average Bonchev–Trinajstić information content (AvgIpc) is 3.33. The van der Waals surface area contributed by atoms with Gasteiger partial charge in [-0.15, -0.1) is 0 Å². The van der Waals surface area contributed by atoms with Gasteiger partial charge in [0, 0.05) is 26.2 Å². The summed E-state index contributed by atoms with van der Waals surface area (Å²) in [4.78, 5) is 37.2. The average molecular weight is 547 g/mol. The highest BCUT2D eigenvalue weighted by atomic mass is 19.4. The number of hydrogen-bond donors (Lipinski definition) is 2. The molecule has 37 heavy (non-hydrogen) atoms. The van der Waals surface area contributed by atoms with E-state index in [4.69, 9.17) is 24.2 Å². The zero-order chi connectivity index (χ0) is 28.4. The molecule has 0 atom stereocenters. The van der Waals surface area contributed by atoms with Crippen LogP contribution in [0.3, 0.4) is 0 Å². The van der Waals surface area contributed by atoms with E-state index >= 15 is 0 Å². The summed E-state index contributed by atoms with van der Waals surface area (Å²) >= 11 is 0. The summed E-state index contributed by atoms with van der Waals surface area (Å²) in [5, 5.41) is 14.2. The zero-order valence-corrected chi connectivity index (χ0v) is 20.4. The summed E-state index contributed by atoms with van der Waals surface area (Å²) < 4.78 is 68.5. The van der Waals surface area contributed by atoms with E-state index in [1.165, 1.54) is 32.4 Å². The Morgan fingerprint density at radius 3 is 1.89 bits per heavy atom. The van der Waals surface area contributed by atoms with Crippen LogP contribution in [-0.2, 0) is 9.59 Å². The number of nitrogens with zero attached hydrogens (tertiary/aromatic N) is 3. The Balaban J connectivity index is 0.000000404. The van der Waals surface area contributed by atoms with Crippen LogP contribution in [0.1, 0.15) is 36.0 Å². The molecule has 1 amide bonds. The van der Waals surface area contributed by atoms with Gasteiger partial charge in [-0.1, -0.05) is 0 Å². The van der Waals surface area contributed by atoms with Crippen molar-refractivity contribution in [3.63, 3.8) is 0 Å². The molecule has 2 N–H and O–H groups in total. The standard InChI is InChI=1S/C18H29N3O2.2C2HF3O2/c1-19(2)11-12-20-9-6-18(7-10-20)5-3-8-21(15-18)17(22)16-4-13-23-14-16;2*3-2(4,5)1(6)7/h4,13-14H,3,5-12,15H2,1-2H3;2*(H,6,7). The third-order valence-electron chi connectivity index (χ3n) is 5.98. The van der Waals surface area contributed by atoms with Crippen LogP contribution in [0.15, 0.2) is 23.0 Å². The second-order valence-corrected chi connectivity index (χ2v) is 9.09. The van der Waals surface area contributed by atoms with E-state index in [-0.39, 0.29) is 5.91 Å². The van der Waals surface area contributed by atoms with Gasteiger partial charge in [0.1, 0.15) is 6.26 Å². The maximum Gasteiger partial charge on any atom is 0.490 e. The molecule has 0 saturated carbocycles. The minimum Gasteiger partial charge on any atom is -0.475 e. The van der Waals surface area contributed by atoms with Crippen molar-refractivity contribution in [1.82, 2.24) is 14.7 Å². The molecule has 1 aromatic rings. The van der Waals surface area contributed by atoms with E-state index in [9.17, 15) is 31.1 Å². The predicted molar refractivity (Wildman–Crippen MR) is 118 cm³/mol. The monoisotopic (exact) mass is 547 g/mol. The molecule has 2 saturated heterocycles. The van der Waals surface area contributed by atoms with Gasteiger partial charge in [0.25, 0.3) is 5.91 Å². The number of amides is 1. The van der Waals surface area contributed by atoms with Crippen molar-refractivity contribution in [1.29, 1.82) is 0 Å². The Kier molecular flexibility index (Phi) is 11.9. The second kappa shape index (κ2) is 13.7. The van der Waals surface area contributed by atoms with E-state index in [0.717, 1.165) is 32.6 Å². The normalized spacial score (nSPS) is 17.9.